The molecule has 0 unspecified atom stereocenters. The van der Waals surface area contributed by atoms with E-state index in [0.29, 0.717) is 6.42 Å². The Labute approximate surface area is 170 Å². The Balaban J connectivity index is 1.51. The average molecular weight is 410 g/mol. The number of nitrogens with zero attached hydrogens (tertiary/aromatic N) is 2. The number of carbonyl (C=O) groups excluding carboxylic acids is 1. The summed E-state index contributed by atoms with van der Waals surface area (Å²) < 4.78 is 30.4. The monoisotopic (exact) mass is 410 g/mol. The van der Waals surface area contributed by atoms with Gasteiger partial charge in [-0.3, -0.25) is 4.79 Å². The molecule has 1 fully saturated rings. The molecule has 0 N–H and O–H groups in total. The van der Waals surface area contributed by atoms with E-state index in [1.807, 2.05) is 66.9 Å². The SMILES string of the molecule is O=C(C[C@H]1CCS(=O)(=O)C1)OCc1cn(-c2ccccc2)nc1-c1ccccc1. The predicted molar refractivity (Wildman–Crippen MR) is 110 cm³/mol. The molecular weight excluding hydrogens is 388 g/mol. The number of benzene rings is 2. The Bertz CT molecular complexity index is 1090. The summed E-state index contributed by atoms with van der Waals surface area (Å²) in [6.45, 7) is 0.0926. The minimum Gasteiger partial charge on any atom is -0.461 e. The van der Waals surface area contributed by atoms with Crippen LogP contribution in [0.4, 0.5) is 0 Å². The molecule has 2 heterocycles. The van der Waals surface area contributed by atoms with E-state index >= 15 is 0 Å². The molecule has 3 aromatic rings. The fraction of sp³-hybridized carbons (Fsp3) is 0.273. The van der Waals surface area contributed by atoms with Crippen molar-refractivity contribution in [2.75, 3.05) is 11.5 Å². The van der Waals surface area contributed by atoms with Gasteiger partial charge in [-0.1, -0.05) is 48.5 Å². The molecule has 1 aromatic heterocycles. The zero-order valence-electron chi connectivity index (χ0n) is 15.9. The molecular formula is C22H22N2O4S. The number of aromatic nitrogens is 2. The Morgan fingerprint density at radius 1 is 1.07 bits per heavy atom. The maximum Gasteiger partial charge on any atom is 0.306 e. The van der Waals surface area contributed by atoms with Crippen molar-refractivity contribution >= 4 is 15.8 Å². The average Bonchev–Trinajstić information content (AvgIpc) is 3.30. The second kappa shape index (κ2) is 8.21. The van der Waals surface area contributed by atoms with E-state index in [1.165, 1.54) is 0 Å². The van der Waals surface area contributed by atoms with Crippen molar-refractivity contribution in [3.63, 3.8) is 0 Å². The van der Waals surface area contributed by atoms with Gasteiger partial charge in [-0.05, 0) is 24.5 Å². The third-order valence-corrected chi connectivity index (χ3v) is 6.87. The summed E-state index contributed by atoms with van der Waals surface area (Å²) >= 11 is 0. The fourth-order valence-corrected chi connectivity index (χ4v) is 5.42. The van der Waals surface area contributed by atoms with Crippen LogP contribution in [-0.4, -0.2) is 35.7 Å². The van der Waals surface area contributed by atoms with Crippen molar-refractivity contribution in [3.05, 3.63) is 72.4 Å². The van der Waals surface area contributed by atoms with E-state index in [4.69, 9.17) is 9.84 Å². The molecule has 1 saturated heterocycles. The molecule has 0 amide bonds. The summed E-state index contributed by atoms with van der Waals surface area (Å²) in [5.41, 5.74) is 3.41. The van der Waals surface area contributed by atoms with Gasteiger partial charge in [0.15, 0.2) is 9.84 Å². The van der Waals surface area contributed by atoms with Crippen molar-refractivity contribution < 1.29 is 17.9 Å². The fourth-order valence-electron chi connectivity index (χ4n) is 3.55. The molecule has 1 aliphatic rings. The zero-order valence-corrected chi connectivity index (χ0v) is 16.7. The summed E-state index contributed by atoms with van der Waals surface area (Å²) in [6.07, 6.45) is 2.52. The molecule has 29 heavy (non-hydrogen) atoms. The molecule has 0 radical (unpaired) electrons. The van der Waals surface area contributed by atoms with Crippen LogP contribution in [0.3, 0.4) is 0 Å². The van der Waals surface area contributed by atoms with Crippen LogP contribution >= 0.6 is 0 Å². The molecule has 2 aromatic carbocycles. The van der Waals surface area contributed by atoms with E-state index < -0.39 is 9.84 Å². The van der Waals surface area contributed by atoms with E-state index in [0.717, 1.165) is 22.5 Å². The van der Waals surface area contributed by atoms with E-state index in [9.17, 15) is 13.2 Å². The summed E-state index contributed by atoms with van der Waals surface area (Å²) in [5, 5.41) is 4.70. The Kier molecular flexibility index (Phi) is 5.49. The van der Waals surface area contributed by atoms with Gasteiger partial charge in [-0.2, -0.15) is 5.10 Å². The third kappa shape index (κ3) is 4.74. The number of carbonyl (C=O) groups is 1. The number of esters is 1. The predicted octanol–water partition coefficient (Wildman–Crippen LogP) is 3.41. The third-order valence-electron chi connectivity index (χ3n) is 5.03. The summed E-state index contributed by atoms with van der Waals surface area (Å²) in [6, 6.07) is 19.5. The smallest absolute Gasteiger partial charge is 0.306 e. The van der Waals surface area contributed by atoms with Crippen molar-refractivity contribution in [2.45, 2.75) is 19.4 Å². The number of para-hydroxylation sites is 1. The van der Waals surface area contributed by atoms with Gasteiger partial charge in [-0.25, -0.2) is 13.1 Å². The maximum absolute atomic E-state index is 12.3. The minimum absolute atomic E-state index is 0.0727. The number of hydrogen-bond acceptors (Lipinski definition) is 5. The van der Waals surface area contributed by atoms with E-state index in [1.54, 1.807) is 4.68 Å². The standard InChI is InChI=1S/C22H22N2O4S/c25-21(13-17-11-12-29(26,27)16-17)28-15-19-14-24(20-9-5-2-6-10-20)23-22(19)18-7-3-1-4-8-18/h1-10,14,17H,11-13,15-16H2/t17-/m1/s1. The first-order valence-electron chi connectivity index (χ1n) is 9.55. The van der Waals surface area contributed by atoms with Gasteiger partial charge < -0.3 is 4.74 Å². The molecule has 0 bridgehead atoms. The number of hydrogen-bond donors (Lipinski definition) is 0. The lowest BCUT2D eigenvalue weighted by Gasteiger charge is -2.08. The van der Waals surface area contributed by atoms with Crippen LogP contribution in [0.2, 0.25) is 0 Å². The first kappa shape index (κ1) is 19.4. The van der Waals surface area contributed by atoms with E-state index in [-0.39, 0.29) is 36.4 Å². The minimum atomic E-state index is -3.00. The topological polar surface area (TPSA) is 78.3 Å². The Morgan fingerprint density at radius 3 is 2.41 bits per heavy atom. The van der Waals surface area contributed by atoms with Crippen LogP contribution in [0.1, 0.15) is 18.4 Å². The number of ether oxygens (including phenoxy) is 1. The highest BCUT2D eigenvalue weighted by atomic mass is 32.2. The van der Waals surface area contributed by atoms with Gasteiger partial charge in [0.1, 0.15) is 6.61 Å². The lowest BCUT2D eigenvalue weighted by atomic mass is 10.1. The van der Waals surface area contributed by atoms with Crippen LogP contribution in [0.5, 0.6) is 0 Å². The Morgan fingerprint density at radius 2 is 1.76 bits per heavy atom. The quantitative estimate of drug-likeness (QED) is 0.582. The highest BCUT2D eigenvalue weighted by Gasteiger charge is 2.30. The lowest BCUT2D eigenvalue weighted by molar-refractivity contribution is -0.145. The highest BCUT2D eigenvalue weighted by molar-refractivity contribution is 7.91. The van der Waals surface area contributed by atoms with Gasteiger partial charge in [0.05, 0.1) is 22.9 Å². The molecule has 150 valence electrons. The highest BCUT2D eigenvalue weighted by Crippen LogP contribution is 2.25. The maximum atomic E-state index is 12.3. The van der Waals surface area contributed by atoms with Crippen LogP contribution in [0.25, 0.3) is 16.9 Å². The molecule has 1 atom stereocenters. The first-order chi connectivity index (χ1) is 14.0. The van der Waals surface area contributed by atoms with Crippen LogP contribution in [0, 0.1) is 5.92 Å². The van der Waals surface area contributed by atoms with Gasteiger partial charge >= 0.3 is 5.97 Å². The zero-order chi connectivity index (χ0) is 20.3. The molecule has 7 heteroatoms. The molecule has 0 aliphatic carbocycles. The van der Waals surface area contributed by atoms with Crippen LogP contribution in [0.15, 0.2) is 66.9 Å². The summed E-state index contributed by atoms with van der Waals surface area (Å²) in [5.74, 6) is -0.289. The number of rotatable bonds is 6. The Hall–Kier alpha value is -2.93. The van der Waals surface area contributed by atoms with Gasteiger partial charge in [-0.15, -0.1) is 0 Å². The second-order valence-corrected chi connectivity index (χ2v) is 9.51. The second-order valence-electron chi connectivity index (χ2n) is 7.28. The van der Waals surface area contributed by atoms with Crippen molar-refractivity contribution in [1.29, 1.82) is 0 Å². The van der Waals surface area contributed by atoms with Crippen LogP contribution in [-0.2, 0) is 26.0 Å². The molecule has 4 rings (SSSR count). The summed E-state index contributed by atoms with van der Waals surface area (Å²) in [7, 11) is -3.00. The first-order valence-corrected chi connectivity index (χ1v) is 11.4. The molecule has 1 aliphatic heterocycles. The van der Waals surface area contributed by atoms with Crippen molar-refractivity contribution in [1.82, 2.24) is 9.78 Å². The normalized spacial score (nSPS) is 17.9. The largest absolute Gasteiger partial charge is 0.461 e. The molecule has 0 saturated carbocycles. The molecule has 6 nitrogen and oxygen atoms in total. The number of sulfone groups is 1. The van der Waals surface area contributed by atoms with Crippen molar-refractivity contribution in [2.24, 2.45) is 5.92 Å². The van der Waals surface area contributed by atoms with Gasteiger partial charge in [0.2, 0.25) is 0 Å². The van der Waals surface area contributed by atoms with E-state index in [2.05, 4.69) is 0 Å². The molecule has 0 spiro atoms. The van der Waals surface area contributed by atoms with Gasteiger partial charge in [0.25, 0.3) is 0 Å². The lowest BCUT2D eigenvalue weighted by Crippen LogP contribution is -2.13. The summed E-state index contributed by atoms with van der Waals surface area (Å²) in [4.78, 5) is 12.3. The van der Waals surface area contributed by atoms with Gasteiger partial charge in [0, 0.05) is 23.7 Å². The van der Waals surface area contributed by atoms with Crippen LogP contribution < -0.4 is 0 Å². The van der Waals surface area contributed by atoms with Crippen molar-refractivity contribution in [3.8, 4) is 16.9 Å².